The number of hydrogen-bond donors (Lipinski definition) is 3. The molecule has 21 heavy (non-hydrogen) atoms. The zero-order valence-corrected chi connectivity index (χ0v) is 11.8. The average Bonchev–Trinajstić information content (AvgIpc) is 3.24. The van der Waals surface area contributed by atoms with Crippen molar-refractivity contribution in [3.8, 4) is 0 Å². The Morgan fingerprint density at radius 1 is 1.19 bits per heavy atom. The Morgan fingerprint density at radius 3 is 2.48 bits per heavy atom. The minimum atomic E-state index is -1.12. The quantitative estimate of drug-likeness (QED) is 0.704. The molecule has 0 atom stereocenters. The van der Waals surface area contributed by atoms with Crippen LogP contribution in [0.3, 0.4) is 0 Å². The second-order valence-electron chi connectivity index (χ2n) is 5.30. The fraction of sp³-hybridized carbons (Fsp3) is 0.400. The van der Waals surface area contributed by atoms with Gasteiger partial charge in [-0.3, -0.25) is 14.4 Å². The molecular weight excluding hydrogens is 272 g/mol. The summed E-state index contributed by atoms with van der Waals surface area (Å²) >= 11 is 0. The van der Waals surface area contributed by atoms with Crippen molar-refractivity contribution in [1.29, 1.82) is 0 Å². The number of nitrogens with one attached hydrogen (secondary N) is 2. The van der Waals surface area contributed by atoms with E-state index in [2.05, 4.69) is 10.6 Å². The van der Waals surface area contributed by atoms with Gasteiger partial charge in [-0.2, -0.15) is 0 Å². The molecule has 0 radical (unpaired) electrons. The van der Waals surface area contributed by atoms with Gasteiger partial charge in [0.15, 0.2) is 0 Å². The summed E-state index contributed by atoms with van der Waals surface area (Å²) in [5, 5.41) is 13.2. The van der Waals surface area contributed by atoms with Gasteiger partial charge in [0.25, 0.3) is 0 Å². The number of aliphatic carboxylic acids is 1. The zero-order valence-electron chi connectivity index (χ0n) is 11.8. The first-order valence-electron chi connectivity index (χ1n) is 6.78. The van der Waals surface area contributed by atoms with Gasteiger partial charge in [0.2, 0.25) is 11.8 Å². The van der Waals surface area contributed by atoms with Crippen LogP contribution in [0.15, 0.2) is 24.3 Å². The highest BCUT2D eigenvalue weighted by atomic mass is 16.4. The molecule has 0 aromatic heterocycles. The van der Waals surface area contributed by atoms with E-state index in [0.29, 0.717) is 0 Å². The maximum atomic E-state index is 12.3. The van der Waals surface area contributed by atoms with Crippen LogP contribution in [0.5, 0.6) is 0 Å². The number of carboxylic acid groups (broad SMARTS) is 1. The molecule has 6 nitrogen and oxygen atoms in total. The predicted octanol–water partition coefficient (Wildman–Crippen LogP) is 0.344. The van der Waals surface area contributed by atoms with Crippen molar-refractivity contribution in [3.05, 3.63) is 35.4 Å². The van der Waals surface area contributed by atoms with E-state index in [1.807, 2.05) is 31.2 Å². The molecule has 1 aromatic rings. The standard InChI is InChI=1S/C15H18N2O4/c1-10-3-2-4-11(7-10)15(5-6-15)14(21)17-8-12(18)16-9-13(19)20/h2-4,7H,5-6,8-9H2,1H3,(H,16,18)(H,17,21)(H,19,20). The fourth-order valence-electron chi connectivity index (χ4n) is 2.28. The molecule has 2 rings (SSSR count). The second-order valence-corrected chi connectivity index (χ2v) is 5.30. The summed E-state index contributed by atoms with van der Waals surface area (Å²) in [5.74, 6) is -1.81. The number of rotatable bonds is 6. The molecule has 2 amide bonds. The molecule has 0 bridgehead atoms. The molecule has 0 saturated heterocycles. The molecule has 6 heteroatoms. The van der Waals surface area contributed by atoms with Gasteiger partial charge in [-0.05, 0) is 25.3 Å². The SMILES string of the molecule is Cc1cccc(C2(C(=O)NCC(=O)NCC(=O)O)CC2)c1. The van der Waals surface area contributed by atoms with Gasteiger partial charge in [0, 0.05) is 0 Å². The first kappa shape index (κ1) is 15.0. The van der Waals surface area contributed by atoms with Gasteiger partial charge in [0.1, 0.15) is 6.54 Å². The lowest BCUT2D eigenvalue weighted by Gasteiger charge is -2.16. The summed E-state index contributed by atoms with van der Waals surface area (Å²) in [4.78, 5) is 34.0. The number of carbonyl (C=O) groups excluding carboxylic acids is 2. The van der Waals surface area contributed by atoms with Gasteiger partial charge in [-0.15, -0.1) is 0 Å². The van der Waals surface area contributed by atoms with Gasteiger partial charge in [-0.25, -0.2) is 0 Å². The lowest BCUT2D eigenvalue weighted by Crippen LogP contribution is -2.42. The lowest BCUT2D eigenvalue weighted by molar-refractivity contribution is -0.137. The minimum absolute atomic E-state index is 0.182. The third-order valence-corrected chi connectivity index (χ3v) is 3.60. The molecule has 1 saturated carbocycles. The smallest absolute Gasteiger partial charge is 0.322 e. The maximum Gasteiger partial charge on any atom is 0.322 e. The largest absolute Gasteiger partial charge is 0.480 e. The Morgan fingerprint density at radius 2 is 1.90 bits per heavy atom. The second kappa shape index (κ2) is 5.95. The maximum absolute atomic E-state index is 12.3. The summed E-state index contributed by atoms with van der Waals surface area (Å²) in [5.41, 5.74) is 1.52. The molecule has 0 unspecified atom stereocenters. The zero-order chi connectivity index (χ0) is 15.5. The van der Waals surface area contributed by atoms with Crippen molar-refractivity contribution < 1.29 is 19.5 Å². The van der Waals surface area contributed by atoms with Gasteiger partial charge < -0.3 is 15.7 Å². The Hall–Kier alpha value is -2.37. The topological polar surface area (TPSA) is 95.5 Å². The number of carboxylic acids is 1. The van der Waals surface area contributed by atoms with E-state index in [4.69, 9.17) is 5.11 Å². The normalized spacial score (nSPS) is 15.1. The summed E-state index contributed by atoms with van der Waals surface area (Å²) in [6.45, 7) is 1.31. The minimum Gasteiger partial charge on any atom is -0.480 e. The summed E-state index contributed by atoms with van der Waals surface area (Å²) in [6, 6.07) is 7.79. The number of carbonyl (C=O) groups is 3. The number of benzene rings is 1. The molecule has 1 aliphatic rings. The van der Waals surface area contributed by atoms with Crippen molar-refractivity contribution in [1.82, 2.24) is 10.6 Å². The fourth-order valence-corrected chi connectivity index (χ4v) is 2.28. The number of hydrogen-bond acceptors (Lipinski definition) is 3. The molecule has 112 valence electrons. The first-order valence-corrected chi connectivity index (χ1v) is 6.78. The molecule has 0 heterocycles. The van der Waals surface area contributed by atoms with E-state index >= 15 is 0 Å². The van der Waals surface area contributed by atoms with Crippen molar-refractivity contribution in [2.75, 3.05) is 13.1 Å². The molecule has 3 N–H and O–H groups in total. The van der Waals surface area contributed by atoms with E-state index < -0.39 is 23.8 Å². The highest BCUT2D eigenvalue weighted by Gasteiger charge is 2.51. The Bertz CT molecular complexity index is 579. The van der Waals surface area contributed by atoms with Crippen molar-refractivity contribution in [3.63, 3.8) is 0 Å². The molecule has 1 aliphatic carbocycles. The summed E-state index contributed by atoms with van der Waals surface area (Å²) in [6.07, 6.45) is 1.53. The van der Waals surface area contributed by atoms with Crippen molar-refractivity contribution >= 4 is 17.8 Å². The van der Waals surface area contributed by atoms with Gasteiger partial charge in [-0.1, -0.05) is 29.8 Å². The van der Waals surface area contributed by atoms with Crippen molar-refractivity contribution in [2.24, 2.45) is 0 Å². The van der Waals surface area contributed by atoms with Crippen LogP contribution in [-0.4, -0.2) is 36.0 Å². The van der Waals surface area contributed by atoms with Crippen LogP contribution >= 0.6 is 0 Å². The first-order chi connectivity index (χ1) is 9.94. The van der Waals surface area contributed by atoms with Crippen LogP contribution in [0.25, 0.3) is 0 Å². The van der Waals surface area contributed by atoms with Crippen LogP contribution in [-0.2, 0) is 19.8 Å². The third kappa shape index (κ3) is 3.59. The van der Waals surface area contributed by atoms with Crippen LogP contribution in [0, 0.1) is 6.92 Å². The highest BCUT2D eigenvalue weighted by Crippen LogP contribution is 2.48. The Balaban J connectivity index is 1.91. The van der Waals surface area contributed by atoms with E-state index in [1.165, 1.54) is 0 Å². The van der Waals surface area contributed by atoms with Crippen LogP contribution in [0.2, 0.25) is 0 Å². The summed E-state index contributed by atoms with van der Waals surface area (Å²) in [7, 11) is 0. The monoisotopic (exact) mass is 290 g/mol. The molecule has 0 spiro atoms. The van der Waals surface area contributed by atoms with Crippen LogP contribution in [0.4, 0.5) is 0 Å². The number of aryl methyl sites for hydroxylation is 1. The third-order valence-electron chi connectivity index (χ3n) is 3.60. The van der Waals surface area contributed by atoms with Gasteiger partial charge >= 0.3 is 5.97 Å². The van der Waals surface area contributed by atoms with Crippen molar-refractivity contribution in [2.45, 2.75) is 25.2 Å². The number of amides is 2. The van der Waals surface area contributed by atoms with E-state index in [-0.39, 0.29) is 12.5 Å². The van der Waals surface area contributed by atoms with Crippen LogP contribution < -0.4 is 10.6 Å². The lowest BCUT2D eigenvalue weighted by atomic mass is 9.93. The molecule has 1 fully saturated rings. The van der Waals surface area contributed by atoms with Crippen LogP contribution in [0.1, 0.15) is 24.0 Å². The Labute approximate surface area is 122 Å². The Kier molecular flexibility index (Phi) is 4.26. The predicted molar refractivity (Wildman–Crippen MR) is 75.7 cm³/mol. The van der Waals surface area contributed by atoms with E-state index in [9.17, 15) is 14.4 Å². The average molecular weight is 290 g/mol. The highest BCUT2D eigenvalue weighted by molar-refractivity contribution is 5.94. The molecule has 0 aliphatic heterocycles. The van der Waals surface area contributed by atoms with E-state index in [1.54, 1.807) is 0 Å². The van der Waals surface area contributed by atoms with E-state index in [0.717, 1.165) is 24.0 Å². The molecule has 1 aromatic carbocycles. The van der Waals surface area contributed by atoms with Gasteiger partial charge in [0.05, 0.1) is 12.0 Å². The molecular formula is C15H18N2O4. The summed E-state index contributed by atoms with van der Waals surface area (Å²) < 4.78 is 0.